The van der Waals surface area contributed by atoms with Crippen LogP contribution in [0.1, 0.15) is 12.8 Å². The zero-order valence-electron chi connectivity index (χ0n) is 8.80. The number of nitrogens with zero attached hydrogens (tertiary/aromatic N) is 2. The van der Waals surface area contributed by atoms with Crippen LogP contribution in [0.25, 0.3) is 0 Å². The molecule has 2 N–H and O–H groups in total. The molecular formula is C10H10ClN3O2S. The quantitative estimate of drug-likeness (QED) is 0.616. The van der Waals surface area contributed by atoms with Crippen LogP contribution in [0.4, 0.5) is 5.69 Å². The van der Waals surface area contributed by atoms with Crippen molar-refractivity contribution in [3.8, 4) is 0 Å². The Morgan fingerprint density at radius 3 is 2.65 bits per heavy atom. The second kappa shape index (κ2) is 3.22. The monoisotopic (exact) mass is 271 g/mol. The summed E-state index contributed by atoms with van der Waals surface area (Å²) in [7, 11) is -3.69. The van der Waals surface area contributed by atoms with Crippen LogP contribution in [0.15, 0.2) is 33.6 Å². The molecule has 3 rings (SSSR count). The zero-order chi connectivity index (χ0) is 12.3. The van der Waals surface area contributed by atoms with Crippen LogP contribution in [0.2, 0.25) is 0 Å². The van der Waals surface area contributed by atoms with E-state index in [-0.39, 0.29) is 10.7 Å². The van der Waals surface area contributed by atoms with Gasteiger partial charge in [-0.05, 0) is 25.0 Å². The van der Waals surface area contributed by atoms with Gasteiger partial charge in [-0.1, -0.05) is 12.1 Å². The second-order valence-corrected chi connectivity index (χ2v) is 6.49. The van der Waals surface area contributed by atoms with Crippen molar-refractivity contribution in [3.63, 3.8) is 0 Å². The molecule has 0 spiro atoms. The fourth-order valence-corrected chi connectivity index (χ4v) is 3.37. The Hall–Kier alpha value is -1.11. The lowest BCUT2D eigenvalue weighted by molar-refractivity contribution is 0.596. The van der Waals surface area contributed by atoms with Gasteiger partial charge in [0.05, 0.1) is 5.69 Å². The lowest BCUT2D eigenvalue weighted by Gasteiger charge is -2.28. The summed E-state index contributed by atoms with van der Waals surface area (Å²) in [6.45, 7) is 0. The number of sulfonamides is 1. The van der Waals surface area contributed by atoms with Crippen molar-refractivity contribution in [2.75, 3.05) is 5.01 Å². The number of anilines is 1. The highest BCUT2D eigenvalue weighted by atomic mass is 35.5. The van der Waals surface area contributed by atoms with Gasteiger partial charge in [-0.15, -0.1) is 16.0 Å². The molecule has 0 radical (unpaired) electrons. The van der Waals surface area contributed by atoms with Crippen LogP contribution in [-0.2, 0) is 10.0 Å². The molecule has 0 unspecified atom stereocenters. The number of nitrogens with two attached hydrogens (primary N) is 1. The third kappa shape index (κ3) is 1.55. The molecule has 0 atom stereocenters. The van der Waals surface area contributed by atoms with Crippen LogP contribution in [0.5, 0.6) is 0 Å². The molecule has 1 aliphatic carbocycles. The van der Waals surface area contributed by atoms with E-state index < -0.39 is 14.9 Å². The first-order valence-corrected chi connectivity index (χ1v) is 6.94. The van der Waals surface area contributed by atoms with Crippen molar-refractivity contribution >= 4 is 33.1 Å². The number of hydrazine groups is 1. The van der Waals surface area contributed by atoms with Gasteiger partial charge in [-0.25, -0.2) is 5.84 Å². The van der Waals surface area contributed by atoms with Crippen LogP contribution in [-0.4, -0.2) is 19.1 Å². The topological polar surface area (TPSA) is 75.8 Å². The summed E-state index contributed by atoms with van der Waals surface area (Å²) in [6, 6.07) is 6.49. The van der Waals surface area contributed by atoms with Crippen LogP contribution in [0.3, 0.4) is 0 Å². The fourth-order valence-electron chi connectivity index (χ4n) is 1.83. The van der Waals surface area contributed by atoms with E-state index >= 15 is 0 Å². The van der Waals surface area contributed by atoms with Crippen molar-refractivity contribution in [2.45, 2.75) is 22.6 Å². The Morgan fingerprint density at radius 1 is 1.35 bits per heavy atom. The van der Waals surface area contributed by atoms with Gasteiger partial charge in [0, 0.05) is 0 Å². The minimum Gasteiger partial charge on any atom is -0.262 e. The maximum absolute atomic E-state index is 12.0. The molecule has 90 valence electrons. The molecule has 0 bridgehead atoms. The molecule has 1 aromatic carbocycles. The van der Waals surface area contributed by atoms with Crippen molar-refractivity contribution in [1.29, 1.82) is 0 Å². The minimum absolute atomic E-state index is 0.118. The smallest absolute Gasteiger partial charge is 0.262 e. The number of hydrogen-bond donors (Lipinski definition) is 1. The number of benzene rings is 1. The number of hydrogen-bond acceptors (Lipinski definition) is 4. The maximum Gasteiger partial charge on any atom is 0.286 e. The molecule has 1 saturated carbocycles. The minimum atomic E-state index is -3.69. The molecule has 1 fully saturated rings. The molecule has 0 saturated heterocycles. The number of fused-ring (bicyclic) bond motifs is 1. The standard InChI is InChI=1S/C10H10ClN3O2S/c11-10(5-6-10)9-13-17(15,16)8-4-2-1-3-7(8)14(9)12/h1-4H,5-6,12H2. The van der Waals surface area contributed by atoms with Gasteiger partial charge < -0.3 is 0 Å². The highest BCUT2D eigenvalue weighted by Gasteiger charge is 2.51. The van der Waals surface area contributed by atoms with E-state index in [9.17, 15) is 8.42 Å². The summed E-state index contributed by atoms with van der Waals surface area (Å²) in [4.78, 5) is -0.595. The summed E-state index contributed by atoms with van der Waals surface area (Å²) in [6.07, 6.45) is 1.39. The maximum atomic E-state index is 12.0. The van der Waals surface area contributed by atoms with Gasteiger partial charge in [0.1, 0.15) is 9.77 Å². The molecule has 1 heterocycles. The summed E-state index contributed by atoms with van der Waals surface area (Å²) in [5, 5.41) is 1.27. The number of halogens is 1. The van der Waals surface area contributed by atoms with Crippen LogP contribution in [0, 0.1) is 0 Å². The number of amidine groups is 1. The van der Waals surface area contributed by atoms with Gasteiger partial charge in [-0.2, -0.15) is 8.42 Å². The van der Waals surface area contributed by atoms with Gasteiger partial charge in [0.15, 0.2) is 5.84 Å². The van der Waals surface area contributed by atoms with E-state index in [0.717, 1.165) is 0 Å². The van der Waals surface area contributed by atoms with E-state index in [0.29, 0.717) is 18.5 Å². The highest BCUT2D eigenvalue weighted by Crippen LogP contribution is 2.47. The third-order valence-electron chi connectivity index (χ3n) is 2.93. The van der Waals surface area contributed by atoms with Crippen molar-refractivity contribution in [2.24, 2.45) is 10.2 Å². The molecule has 5 nitrogen and oxygen atoms in total. The Kier molecular flexibility index (Phi) is 2.08. The van der Waals surface area contributed by atoms with Crippen molar-refractivity contribution < 1.29 is 8.42 Å². The highest BCUT2D eigenvalue weighted by molar-refractivity contribution is 7.90. The van der Waals surface area contributed by atoms with E-state index in [1.54, 1.807) is 18.2 Å². The van der Waals surface area contributed by atoms with Gasteiger partial charge >= 0.3 is 0 Å². The molecule has 0 amide bonds. The molecule has 0 aromatic heterocycles. The van der Waals surface area contributed by atoms with Crippen molar-refractivity contribution in [3.05, 3.63) is 24.3 Å². The normalized spacial score (nSPS) is 23.9. The number of para-hydroxylation sites is 1. The molecule has 7 heteroatoms. The first kappa shape index (κ1) is 11.0. The van der Waals surface area contributed by atoms with E-state index in [2.05, 4.69) is 4.40 Å². The van der Waals surface area contributed by atoms with Gasteiger partial charge in [0.2, 0.25) is 0 Å². The third-order valence-corrected chi connectivity index (χ3v) is 4.79. The Bertz CT molecular complexity index is 622. The Labute approximate surface area is 104 Å². The summed E-state index contributed by atoms with van der Waals surface area (Å²) < 4.78 is 27.7. The molecule has 1 aliphatic heterocycles. The lowest BCUT2D eigenvalue weighted by atomic mass is 10.2. The SMILES string of the molecule is NN1C(C2(Cl)CC2)=NS(=O)(=O)c2ccccc21. The molecule has 1 aromatic rings. The van der Waals surface area contributed by atoms with Crippen molar-refractivity contribution in [1.82, 2.24) is 0 Å². The first-order valence-electron chi connectivity index (χ1n) is 5.12. The second-order valence-electron chi connectivity index (χ2n) is 4.19. The van der Waals surface area contributed by atoms with E-state index in [1.807, 2.05) is 0 Å². The molecular weight excluding hydrogens is 262 g/mol. The van der Waals surface area contributed by atoms with Crippen LogP contribution < -0.4 is 10.9 Å². The summed E-state index contributed by atoms with van der Waals surface area (Å²) in [5.74, 6) is 6.11. The average Bonchev–Trinajstić information content (AvgIpc) is 3.03. The Morgan fingerprint density at radius 2 is 2.00 bits per heavy atom. The zero-order valence-corrected chi connectivity index (χ0v) is 10.4. The predicted molar refractivity (Wildman–Crippen MR) is 65.5 cm³/mol. The van der Waals surface area contributed by atoms with E-state index in [4.69, 9.17) is 17.4 Å². The largest absolute Gasteiger partial charge is 0.286 e. The molecule has 2 aliphatic rings. The average molecular weight is 272 g/mol. The van der Waals surface area contributed by atoms with Gasteiger partial charge in [0.25, 0.3) is 10.0 Å². The van der Waals surface area contributed by atoms with Crippen LogP contribution >= 0.6 is 11.6 Å². The lowest BCUT2D eigenvalue weighted by Crippen LogP contribution is -2.46. The number of alkyl halides is 1. The van der Waals surface area contributed by atoms with Gasteiger partial charge in [-0.3, -0.25) is 5.01 Å². The van der Waals surface area contributed by atoms with E-state index in [1.165, 1.54) is 11.1 Å². The Balaban J connectivity index is 2.23. The first-order chi connectivity index (χ1) is 7.94. The summed E-state index contributed by atoms with van der Waals surface area (Å²) >= 11 is 6.19. The fraction of sp³-hybridized carbons (Fsp3) is 0.300. The predicted octanol–water partition coefficient (Wildman–Crippen LogP) is 1.24. The number of rotatable bonds is 1. The molecule has 17 heavy (non-hydrogen) atoms. The summed E-state index contributed by atoms with van der Waals surface area (Å²) in [5.41, 5.74) is 0.421.